The van der Waals surface area contributed by atoms with Gasteiger partial charge in [-0.25, -0.2) is 13.4 Å². The fraction of sp³-hybridized carbons (Fsp3) is 0.154. The van der Waals surface area contributed by atoms with E-state index in [4.69, 9.17) is 16.7 Å². The van der Waals surface area contributed by atoms with Gasteiger partial charge in [0, 0.05) is 16.0 Å². The molecule has 0 radical (unpaired) electrons. The Bertz CT molecular complexity index is 830. The Labute approximate surface area is 140 Å². The SMILES string of the molecule is O=C(O)CS(=O)(=O)CC(=O)Nc1nc(-c2ccc(Cl)cc2)cs1. The zero-order chi connectivity index (χ0) is 17.0. The number of aliphatic carboxylic acids is 1. The molecule has 2 aromatic rings. The summed E-state index contributed by atoms with van der Waals surface area (Å²) in [6.45, 7) is 0. The lowest BCUT2D eigenvalue weighted by molar-refractivity contribution is -0.134. The molecule has 2 rings (SSSR count). The van der Waals surface area contributed by atoms with E-state index in [9.17, 15) is 18.0 Å². The predicted molar refractivity (Wildman–Crippen MR) is 87.5 cm³/mol. The van der Waals surface area contributed by atoms with Crippen molar-refractivity contribution in [2.24, 2.45) is 0 Å². The molecule has 0 fully saturated rings. The third-order valence-electron chi connectivity index (χ3n) is 2.58. The van der Waals surface area contributed by atoms with E-state index in [1.165, 1.54) is 0 Å². The second-order valence-corrected chi connectivity index (χ2v) is 7.88. The number of carboxylic acid groups (broad SMARTS) is 1. The number of thiazole rings is 1. The van der Waals surface area contributed by atoms with Crippen molar-refractivity contribution in [2.45, 2.75) is 0 Å². The standard InChI is InChI=1S/C13H11ClN2O5S2/c14-9-3-1-8(2-4-9)10-5-22-13(15-10)16-11(17)6-23(20,21)7-12(18)19/h1-5H,6-7H2,(H,18,19)(H,15,16,17). The average molecular weight is 375 g/mol. The Kier molecular flexibility index (Phi) is 5.34. The third kappa shape index (κ3) is 5.31. The molecule has 7 nitrogen and oxygen atoms in total. The first-order valence-electron chi connectivity index (χ1n) is 6.19. The number of anilines is 1. The summed E-state index contributed by atoms with van der Waals surface area (Å²) in [5.41, 5.74) is 1.40. The zero-order valence-corrected chi connectivity index (χ0v) is 13.9. The van der Waals surface area contributed by atoms with Gasteiger partial charge in [-0.15, -0.1) is 11.3 Å². The predicted octanol–water partition coefficient (Wildman–Crippen LogP) is 1.90. The van der Waals surface area contributed by atoms with E-state index in [0.717, 1.165) is 16.9 Å². The maximum atomic E-state index is 11.7. The first-order chi connectivity index (χ1) is 10.7. The summed E-state index contributed by atoms with van der Waals surface area (Å²) >= 11 is 6.93. The maximum absolute atomic E-state index is 11.7. The molecule has 0 unspecified atom stereocenters. The lowest BCUT2D eigenvalue weighted by Crippen LogP contribution is -2.27. The number of carboxylic acids is 1. The second kappa shape index (κ2) is 7.07. The number of amides is 1. The van der Waals surface area contributed by atoms with Crippen LogP contribution in [-0.4, -0.2) is 41.9 Å². The zero-order valence-electron chi connectivity index (χ0n) is 11.5. The van der Waals surface area contributed by atoms with Gasteiger partial charge in [0.15, 0.2) is 15.0 Å². The first kappa shape index (κ1) is 17.4. The van der Waals surface area contributed by atoms with E-state index in [0.29, 0.717) is 10.7 Å². The number of nitrogens with zero attached hydrogens (tertiary/aromatic N) is 1. The van der Waals surface area contributed by atoms with Crippen LogP contribution in [0.2, 0.25) is 5.02 Å². The minimum atomic E-state index is -4.00. The monoisotopic (exact) mass is 374 g/mol. The van der Waals surface area contributed by atoms with E-state index in [-0.39, 0.29) is 5.13 Å². The van der Waals surface area contributed by atoms with Crippen LogP contribution in [0.3, 0.4) is 0 Å². The average Bonchev–Trinajstić information content (AvgIpc) is 2.85. The van der Waals surface area contributed by atoms with Gasteiger partial charge in [-0.2, -0.15) is 0 Å². The van der Waals surface area contributed by atoms with Crippen LogP contribution >= 0.6 is 22.9 Å². The summed E-state index contributed by atoms with van der Waals surface area (Å²) < 4.78 is 22.9. The highest BCUT2D eigenvalue weighted by Crippen LogP contribution is 2.25. The highest BCUT2D eigenvalue weighted by Gasteiger charge is 2.21. The number of aromatic nitrogens is 1. The van der Waals surface area contributed by atoms with Gasteiger partial charge in [-0.1, -0.05) is 23.7 Å². The Balaban J connectivity index is 2.03. The van der Waals surface area contributed by atoms with Gasteiger partial charge in [0.25, 0.3) is 0 Å². The van der Waals surface area contributed by atoms with E-state index in [1.54, 1.807) is 29.6 Å². The van der Waals surface area contributed by atoms with Gasteiger partial charge in [-0.3, -0.25) is 9.59 Å². The smallest absolute Gasteiger partial charge is 0.318 e. The summed E-state index contributed by atoms with van der Waals surface area (Å²) in [7, 11) is -4.00. The number of carbonyl (C=O) groups excluding carboxylic acids is 1. The Hall–Kier alpha value is -1.97. The van der Waals surface area contributed by atoms with Crippen molar-refractivity contribution in [1.29, 1.82) is 0 Å². The molecule has 0 bridgehead atoms. The minimum absolute atomic E-state index is 0.227. The number of carbonyl (C=O) groups is 2. The highest BCUT2D eigenvalue weighted by molar-refractivity contribution is 7.92. The number of sulfone groups is 1. The van der Waals surface area contributed by atoms with Crippen molar-refractivity contribution < 1.29 is 23.1 Å². The summed E-state index contributed by atoms with van der Waals surface area (Å²) in [6, 6.07) is 6.93. The van der Waals surface area contributed by atoms with Gasteiger partial charge in [0.1, 0.15) is 11.5 Å². The third-order valence-corrected chi connectivity index (χ3v) is 4.98. The van der Waals surface area contributed by atoms with Gasteiger partial charge < -0.3 is 10.4 Å². The Morgan fingerprint density at radius 3 is 2.48 bits per heavy atom. The normalized spacial score (nSPS) is 11.2. The summed E-state index contributed by atoms with van der Waals surface area (Å²) in [5.74, 6) is -4.33. The van der Waals surface area contributed by atoms with Crippen LogP contribution < -0.4 is 5.32 Å². The lowest BCUT2D eigenvalue weighted by atomic mass is 10.2. The molecule has 23 heavy (non-hydrogen) atoms. The van der Waals surface area contributed by atoms with E-state index in [2.05, 4.69) is 10.3 Å². The molecule has 10 heteroatoms. The molecular weight excluding hydrogens is 364 g/mol. The van der Waals surface area contributed by atoms with Crippen molar-refractivity contribution in [2.75, 3.05) is 16.8 Å². The minimum Gasteiger partial charge on any atom is -0.480 e. The van der Waals surface area contributed by atoms with Gasteiger partial charge >= 0.3 is 5.97 Å². The van der Waals surface area contributed by atoms with Crippen molar-refractivity contribution >= 4 is 49.8 Å². The van der Waals surface area contributed by atoms with Crippen molar-refractivity contribution in [1.82, 2.24) is 4.98 Å². The molecule has 0 saturated carbocycles. The largest absolute Gasteiger partial charge is 0.480 e. The summed E-state index contributed by atoms with van der Waals surface area (Å²) in [5, 5.41) is 13.3. The number of rotatable bonds is 6. The molecule has 1 aromatic heterocycles. The molecule has 0 aliphatic heterocycles. The highest BCUT2D eigenvalue weighted by atomic mass is 35.5. The summed E-state index contributed by atoms with van der Waals surface area (Å²) in [6.07, 6.45) is 0. The Morgan fingerprint density at radius 1 is 1.22 bits per heavy atom. The molecule has 0 saturated heterocycles. The van der Waals surface area contributed by atoms with Crippen LogP contribution in [0.15, 0.2) is 29.6 Å². The lowest BCUT2D eigenvalue weighted by Gasteiger charge is -2.02. The van der Waals surface area contributed by atoms with Crippen LogP contribution in [0.1, 0.15) is 0 Å². The quantitative estimate of drug-likeness (QED) is 0.798. The van der Waals surface area contributed by atoms with E-state index >= 15 is 0 Å². The van der Waals surface area contributed by atoms with Crippen molar-refractivity contribution in [3.8, 4) is 11.3 Å². The maximum Gasteiger partial charge on any atom is 0.318 e. The number of hydrogen-bond donors (Lipinski definition) is 2. The van der Waals surface area contributed by atoms with Crippen LogP contribution in [0.4, 0.5) is 5.13 Å². The number of benzene rings is 1. The molecule has 122 valence electrons. The van der Waals surface area contributed by atoms with E-state index in [1.807, 2.05) is 0 Å². The van der Waals surface area contributed by atoms with Crippen molar-refractivity contribution in [3.05, 3.63) is 34.7 Å². The van der Waals surface area contributed by atoms with E-state index < -0.39 is 33.2 Å². The Morgan fingerprint density at radius 2 is 1.87 bits per heavy atom. The van der Waals surface area contributed by atoms with Crippen LogP contribution in [0, 0.1) is 0 Å². The molecule has 0 aliphatic carbocycles. The fourth-order valence-corrected chi connectivity index (χ4v) is 3.49. The fourth-order valence-electron chi connectivity index (χ4n) is 1.68. The van der Waals surface area contributed by atoms with Crippen LogP contribution in [0.5, 0.6) is 0 Å². The summed E-state index contributed by atoms with van der Waals surface area (Å²) in [4.78, 5) is 26.2. The second-order valence-electron chi connectivity index (χ2n) is 4.52. The molecule has 1 amide bonds. The first-order valence-corrected chi connectivity index (χ1v) is 9.26. The van der Waals surface area contributed by atoms with Gasteiger partial charge in [0.2, 0.25) is 5.91 Å². The molecule has 2 N–H and O–H groups in total. The van der Waals surface area contributed by atoms with Crippen LogP contribution in [0.25, 0.3) is 11.3 Å². The number of nitrogens with one attached hydrogen (secondary N) is 1. The molecule has 1 heterocycles. The van der Waals surface area contributed by atoms with Crippen LogP contribution in [-0.2, 0) is 19.4 Å². The molecular formula is C13H11ClN2O5S2. The molecule has 0 spiro atoms. The van der Waals surface area contributed by atoms with Gasteiger partial charge in [0.05, 0.1) is 5.69 Å². The van der Waals surface area contributed by atoms with Gasteiger partial charge in [-0.05, 0) is 12.1 Å². The van der Waals surface area contributed by atoms with Crippen molar-refractivity contribution in [3.63, 3.8) is 0 Å². The number of hydrogen-bond acceptors (Lipinski definition) is 6. The molecule has 0 aliphatic rings. The molecule has 1 aromatic carbocycles. The topological polar surface area (TPSA) is 113 Å². The molecule has 0 atom stereocenters. The number of halogens is 1.